The first kappa shape index (κ1) is 10.6. The molecule has 1 saturated carbocycles. The van der Waals surface area contributed by atoms with Crippen LogP contribution in [0.1, 0.15) is 32.6 Å². The number of hydrogen-bond donors (Lipinski definition) is 1. The lowest BCUT2D eigenvalue weighted by molar-refractivity contribution is -0.144. The largest absolute Gasteiger partial charge is 0.331 e. The summed E-state index contributed by atoms with van der Waals surface area (Å²) in [6, 6.07) is 0.235. The van der Waals surface area contributed by atoms with Crippen molar-refractivity contribution in [2.45, 2.75) is 44.2 Å². The molecule has 2 rings (SSSR count). The zero-order valence-corrected chi connectivity index (χ0v) is 9.38. The van der Waals surface area contributed by atoms with E-state index in [1.54, 1.807) is 4.90 Å². The van der Waals surface area contributed by atoms with E-state index in [0.717, 1.165) is 32.2 Å². The summed E-state index contributed by atoms with van der Waals surface area (Å²) in [5.74, 6) is -0.646. The first-order valence-electron chi connectivity index (χ1n) is 5.61. The Morgan fingerprint density at radius 2 is 2.07 bits per heavy atom. The lowest BCUT2D eigenvalue weighted by Crippen LogP contribution is -2.51. The van der Waals surface area contributed by atoms with Gasteiger partial charge in [0.15, 0.2) is 0 Å². The van der Waals surface area contributed by atoms with Crippen molar-refractivity contribution < 1.29 is 9.59 Å². The maximum Gasteiger partial charge on any atom is 0.289 e. The number of amides is 1. The molecule has 84 valence electrons. The number of ketones is 1. The molecule has 1 N–H and O–H groups in total. The van der Waals surface area contributed by atoms with E-state index in [1.165, 1.54) is 6.92 Å². The number of likely N-dealkylation sites (N-methyl/N-ethyl adjacent to an activating group) is 1. The van der Waals surface area contributed by atoms with E-state index in [0.29, 0.717) is 0 Å². The van der Waals surface area contributed by atoms with E-state index in [4.69, 9.17) is 0 Å². The smallest absolute Gasteiger partial charge is 0.289 e. The third-order valence-electron chi connectivity index (χ3n) is 3.74. The van der Waals surface area contributed by atoms with E-state index in [9.17, 15) is 9.59 Å². The molecule has 0 aromatic carbocycles. The Morgan fingerprint density at radius 3 is 2.53 bits per heavy atom. The molecule has 0 aromatic rings. The molecule has 1 amide bonds. The summed E-state index contributed by atoms with van der Waals surface area (Å²) in [4.78, 5) is 24.6. The lowest BCUT2D eigenvalue weighted by Gasteiger charge is -2.31. The monoisotopic (exact) mass is 210 g/mol. The number of likely N-dealkylation sites (tertiary alicyclic amines) is 1. The zero-order chi connectivity index (χ0) is 11.1. The molecule has 1 atom stereocenters. The van der Waals surface area contributed by atoms with Gasteiger partial charge in [-0.15, -0.1) is 0 Å². The number of hydrogen-bond acceptors (Lipinski definition) is 3. The Bertz CT molecular complexity index is 297. The topological polar surface area (TPSA) is 49.4 Å². The number of nitrogens with one attached hydrogen (secondary N) is 1. The molecule has 0 spiro atoms. The number of nitrogens with zero attached hydrogens (tertiary/aromatic N) is 1. The van der Waals surface area contributed by atoms with Gasteiger partial charge in [0.25, 0.3) is 5.91 Å². The van der Waals surface area contributed by atoms with Gasteiger partial charge in [-0.2, -0.15) is 0 Å². The molecule has 4 nitrogen and oxygen atoms in total. The molecular formula is C11H18N2O2. The van der Waals surface area contributed by atoms with Crippen molar-refractivity contribution in [3.8, 4) is 0 Å². The van der Waals surface area contributed by atoms with Gasteiger partial charge in [-0.25, -0.2) is 0 Å². The minimum Gasteiger partial charge on any atom is -0.331 e. The van der Waals surface area contributed by atoms with Crippen LogP contribution in [0, 0.1) is 0 Å². The predicted octanol–water partition coefficient (Wildman–Crippen LogP) is 0.318. The van der Waals surface area contributed by atoms with Crippen LogP contribution in [0.25, 0.3) is 0 Å². The number of rotatable bonds is 3. The summed E-state index contributed by atoms with van der Waals surface area (Å²) in [6.07, 6.45) is 4.29. The number of Topliss-reactive ketones (excluding diaryl/α,β-unsaturated/α-hetero) is 1. The second kappa shape index (κ2) is 3.59. The second-order valence-corrected chi connectivity index (χ2v) is 4.62. The van der Waals surface area contributed by atoms with Crippen LogP contribution in [0.3, 0.4) is 0 Å². The highest BCUT2D eigenvalue weighted by Crippen LogP contribution is 2.44. The molecule has 1 unspecified atom stereocenters. The maximum absolute atomic E-state index is 11.7. The van der Waals surface area contributed by atoms with E-state index in [1.807, 2.05) is 7.05 Å². The predicted molar refractivity (Wildman–Crippen MR) is 56.4 cm³/mol. The highest BCUT2D eigenvalue weighted by atomic mass is 16.2. The van der Waals surface area contributed by atoms with E-state index in [2.05, 4.69) is 5.32 Å². The Hall–Kier alpha value is -0.900. The molecule has 15 heavy (non-hydrogen) atoms. The number of carbonyl (C=O) groups is 2. The summed E-state index contributed by atoms with van der Waals surface area (Å²) in [5, 5.41) is 3.31. The molecule has 1 aliphatic heterocycles. The summed E-state index contributed by atoms with van der Waals surface area (Å²) in [5.41, 5.74) is 0.113. The van der Waals surface area contributed by atoms with E-state index in [-0.39, 0.29) is 23.3 Å². The molecule has 1 aliphatic carbocycles. The summed E-state index contributed by atoms with van der Waals surface area (Å²) >= 11 is 0. The van der Waals surface area contributed by atoms with E-state index < -0.39 is 0 Å². The molecule has 4 heteroatoms. The fourth-order valence-electron chi connectivity index (χ4n) is 2.67. The molecule has 0 aromatic heterocycles. The van der Waals surface area contributed by atoms with Crippen molar-refractivity contribution >= 4 is 11.7 Å². The van der Waals surface area contributed by atoms with Gasteiger partial charge in [0.1, 0.15) is 0 Å². The van der Waals surface area contributed by atoms with Gasteiger partial charge >= 0.3 is 0 Å². The Labute approximate surface area is 90.0 Å². The molecule has 0 radical (unpaired) electrons. The van der Waals surface area contributed by atoms with Crippen LogP contribution in [-0.4, -0.2) is 41.8 Å². The van der Waals surface area contributed by atoms with Crippen molar-refractivity contribution in [2.24, 2.45) is 0 Å². The fraction of sp³-hybridized carbons (Fsp3) is 0.818. The van der Waals surface area contributed by atoms with Crippen LogP contribution in [-0.2, 0) is 9.59 Å². The minimum absolute atomic E-state index is 0.113. The standard InChI is InChI=1S/C11H18N2O2/c1-8(14)10(15)13-7-3-4-9(13)11(12-2)5-6-11/h9,12H,3-7H2,1-2H3. The SMILES string of the molecule is CNC1(C2CCCN2C(=O)C(C)=O)CC1. The average Bonchev–Trinajstić information content (AvgIpc) is 2.87. The summed E-state index contributed by atoms with van der Waals surface area (Å²) in [6.45, 7) is 2.10. The first-order valence-corrected chi connectivity index (χ1v) is 5.61. The van der Waals surface area contributed by atoms with Crippen LogP contribution in [0.15, 0.2) is 0 Å². The highest BCUT2D eigenvalue weighted by molar-refractivity contribution is 6.35. The van der Waals surface area contributed by atoms with Gasteiger partial charge < -0.3 is 10.2 Å². The van der Waals surface area contributed by atoms with Crippen molar-refractivity contribution in [2.75, 3.05) is 13.6 Å². The molecule has 2 aliphatic rings. The molecule has 0 bridgehead atoms. The Balaban J connectivity index is 2.12. The van der Waals surface area contributed by atoms with Gasteiger partial charge in [-0.05, 0) is 32.7 Å². The van der Waals surface area contributed by atoms with Crippen LogP contribution in [0.5, 0.6) is 0 Å². The maximum atomic E-state index is 11.7. The van der Waals surface area contributed by atoms with E-state index >= 15 is 0 Å². The quantitative estimate of drug-likeness (QED) is 0.682. The average molecular weight is 210 g/mol. The van der Waals surface area contributed by atoms with Gasteiger partial charge in [0, 0.05) is 19.0 Å². The van der Waals surface area contributed by atoms with Crippen LogP contribution in [0.4, 0.5) is 0 Å². The molecular weight excluding hydrogens is 192 g/mol. The lowest BCUT2D eigenvalue weighted by atomic mass is 10.0. The van der Waals surface area contributed by atoms with Crippen LogP contribution < -0.4 is 5.32 Å². The summed E-state index contributed by atoms with van der Waals surface area (Å²) < 4.78 is 0. The number of carbonyl (C=O) groups excluding carboxylic acids is 2. The van der Waals surface area contributed by atoms with Crippen molar-refractivity contribution in [3.05, 3.63) is 0 Å². The Morgan fingerprint density at radius 1 is 1.40 bits per heavy atom. The molecule has 1 saturated heterocycles. The van der Waals surface area contributed by atoms with Gasteiger partial charge in [-0.3, -0.25) is 9.59 Å². The van der Waals surface area contributed by atoms with Crippen LogP contribution >= 0.6 is 0 Å². The van der Waals surface area contributed by atoms with Crippen molar-refractivity contribution in [1.82, 2.24) is 10.2 Å². The molecule has 2 fully saturated rings. The normalized spacial score (nSPS) is 27.9. The van der Waals surface area contributed by atoms with Gasteiger partial charge in [-0.1, -0.05) is 0 Å². The van der Waals surface area contributed by atoms with Crippen LogP contribution in [0.2, 0.25) is 0 Å². The first-order chi connectivity index (χ1) is 7.10. The minimum atomic E-state index is -0.339. The summed E-state index contributed by atoms with van der Waals surface area (Å²) in [7, 11) is 1.95. The Kier molecular flexibility index (Phi) is 2.54. The third kappa shape index (κ3) is 1.67. The zero-order valence-electron chi connectivity index (χ0n) is 9.38. The van der Waals surface area contributed by atoms with Crippen molar-refractivity contribution in [1.29, 1.82) is 0 Å². The van der Waals surface area contributed by atoms with Crippen molar-refractivity contribution in [3.63, 3.8) is 0 Å². The second-order valence-electron chi connectivity index (χ2n) is 4.62. The highest BCUT2D eigenvalue weighted by Gasteiger charge is 2.53. The third-order valence-corrected chi connectivity index (χ3v) is 3.74. The van der Waals surface area contributed by atoms with Gasteiger partial charge in [0.05, 0.1) is 6.04 Å². The molecule has 1 heterocycles. The fourth-order valence-corrected chi connectivity index (χ4v) is 2.67. The van der Waals surface area contributed by atoms with Gasteiger partial charge in [0.2, 0.25) is 5.78 Å².